The minimum absolute atomic E-state index is 0. The Morgan fingerprint density at radius 3 is 2.36 bits per heavy atom. The van der Waals surface area contributed by atoms with Crippen LogP contribution in [-0.2, 0) is 9.53 Å². The Kier molecular flexibility index (Phi) is 9.34. The number of anilines is 2. The third-order valence-corrected chi connectivity index (χ3v) is 4.54. The molecule has 0 unspecified atom stereocenters. The first-order valence-electron chi connectivity index (χ1n) is 8.52. The van der Waals surface area contributed by atoms with Crippen molar-refractivity contribution in [1.82, 2.24) is 10.3 Å². The van der Waals surface area contributed by atoms with Crippen LogP contribution in [0.4, 0.5) is 11.4 Å². The number of methoxy groups -OCH3 is 1. The Bertz CT molecular complexity index is 784. The van der Waals surface area contributed by atoms with Crippen LogP contribution in [-0.4, -0.2) is 42.6 Å². The molecule has 0 saturated carbocycles. The number of nitrogens with one attached hydrogen (secondary N) is 3. The van der Waals surface area contributed by atoms with Gasteiger partial charge >= 0.3 is 0 Å². The van der Waals surface area contributed by atoms with Gasteiger partial charge in [-0.15, -0.1) is 24.8 Å². The van der Waals surface area contributed by atoms with Crippen molar-refractivity contribution < 1.29 is 14.3 Å². The van der Waals surface area contributed by atoms with E-state index in [0.29, 0.717) is 29.8 Å². The zero-order valence-electron chi connectivity index (χ0n) is 15.4. The maximum atomic E-state index is 12.7. The molecule has 152 valence electrons. The van der Waals surface area contributed by atoms with Gasteiger partial charge in [-0.1, -0.05) is 6.07 Å². The topological polar surface area (TPSA) is 92.3 Å². The number of halogens is 2. The van der Waals surface area contributed by atoms with E-state index in [1.165, 1.54) is 0 Å². The van der Waals surface area contributed by atoms with E-state index in [4.69, 9.17) is 4.74 Å². The number of aromatic nitrogens is 1. The standard InChI is InChI=1S/C19H22N4O3.2ClH/c1-26-19(7-11-21-12-8-19)18(25)23-16-4-2-3-14(13-16)17(24)22-15-5-9-20-10-6-15;;/h2-6,9-10,13,21H,7-8,11-12H2,1H3,(H,23,25)(H,20,22,24);2*1H. The lowest BCUT2D eigenvalue weighted by molar-refractivity contribution is -0.140. The molecule has 1 aromatic heterocycles. The number of pyridine rings is 1. The van der Waals surface area contributed by atoms with Crippen molar-refractivity contribution in [2.75, 3.05) is 30.8 Å². The number of benzene rings is 1. The van der Waals surface area contributed by atoms with E-state index >= 15 is 0 Å². The number of carbonyl (C=O) groups excluding carboxylic acids is 2. The predicted molar refractivity (Wildman–Crippen MR) is 114 cm³/mol. The molecule has 1 aliphatic heterocycles. The molecule has 9 heteroatoms. The SMILES string of the molecule is COC1(C(=O)Nc2cccc(C(=O)Nc3ccncc3)c2)CCNCC1.Cl.Cl. The lowest BCUT2D eigenvalue weighted by atomic mass is 9.91. The maximum absolute atomic E-state index is 12.7. The Labute approximate surface area is 176 Å². The third kappa shape index (κ3) is 5.65. The van der Waals surface area contributed by atoms with Crippen LogP contribution in [0.25, 0.3) is 0 Å². The first-order valence-corrected chi connectivity index (χ1v) is 8.52. The van der Waals surface area contributed by atoms with E-state index in [9.17, 15) is 9.59 Å². The highest BCUT2D eigenvalue weighted by molar-refractivity contribution is 6.05. The Morgan fingerprint density at radius 2 is 1.71 bits per heavy atom. The molecule has 3 rings (SSSR count). The van der Waals surface area contributed by atoms with Crippen molar-refractivity contribution in [2.24, 2.45) is 0 Å². The molecule has 28 heavy (non-hydrogen) atoms. The van der Waals surface area contributed by atoms with Gasteiger partial charge in [-0.3, -0.25) is 14.6 Å². The summed E-state index contributed by atoms with van der Waals surface area (Å²) in [5, 5.41) is 8.90. The average Bonchev–Trinajstić information content (AvgIpc) is 2.69. The third-order valence-electron chi connectivity index (χ3n) is 4.54. The van der Waals surface area contributed by atoms with Crippen LogP contribution in [0.1, 0.15) is 23.2 Å². The molecular formula is C19H24Cl2N4O3. The van der Waals surface area contributed by atoms with Crippen molar-refractivity contribution in [3.8, 4) is 0 Å². The Balaban J connectivity index is 0.00000196. The summed E-state index contributed by atoms with van der Waals surface area (Å²) in [4.78, 5) is 29.0. The summed E-state index contributed by atoms with van der Waals surface area (Å²) in [6.07, 6.45) is 4.43. The molecule has 7 nitrogen and oxygen atoms in total. The number of ether oxygens (including phenoxy) is 1. The number of hydrogen-bond acceptors (Lipinski definition) is 5. The van der Waals surface area contributed by atoms with Crippen molar-refractivity contribution in [3.63, 3.8) is 0 Å². The van der Waals surface area contributed by atoms with Crippen LogP contribution in [0.3, 0.4) is 0 Å². The molecule has 0 radical (unpaired) electrons. The van der Waals surface area contributed by atoms with E-state index in [1.807, 2.05) is 0 Å². The Hall–Kier alpha value is -2.19. The second-order valence-electron chi connectivity index (χ2n) is 6.17. The number of amides is 2. The number of rotatable bonds is 5. The van der Waals surface area contributed by atoms with Crippen LogP contribution in [0, 0.1) is 0 Å². The number of piperidine rings is 1. The molecule has 1 aliphatic rings. The number of carbonyl (C=O) groups is 2. The van der Waals surface area contributed by atoms with Gasteiger partial charge in [-0.2, -0.15) is 0 Å². The van der Waals surface area contributed by atoms with Gasteiger partial charge in [0.2, 0.25) is 0 Å². The molecule has 1 fully saturated rings. The summed E-state index contributed by atoms with van der Waals surface area (Å²) in [5.74, 6) is -0.441. The first-order chi connectivity index (χ1) is 12.6. The smallest absolute Gasteiger partial charge is 0.256 e. The van der Waals surface area contributed by atoms with Crippen molar-refractivity contribution >= 4 is 48.0 Å². The highest BCUT2D eigenvalue weighted by atomic mass is 35.5. The fourth-order valence-electron chi connectivity index (χ4n) is 2.98. The molecule has 2 heterocycles. The summed E-state index contributed by atoms with van der Waals surface area (Å²) in [6, 6.07) is 10.3. The molecule has 0 bridgehead atoms. The van der Waals surface area contributed by atoms with Gasteiger partial charge in [0, 0.05) is 36.4 Å². The minimum Gasteiger partial charge on any atom is -0.368 e. The van der Waals surface area contributed by atoms with Crippen LogP contribution >= 0.6 is 24.8 Å². The summed E-state index contributed by atoms with van der Waals surface area (Å²) >= 11 is 0. The zero-order chi connectivity index (χ0) is 18.4. The largest absolute Gasteiger partial charge is 0.368 e. The summed E-state index contributed by atoms with van der Waals surface area (Å²) < 4.78 is 5.53. The van der Waals surface area contributed by atoms with Crippen molar-refractivity contribution in [3.05, 3.63) is 54.4 Å². The Morgan fingerprint density at radius 1 is 1.04 bits per heavy atom. The number of hydrogen-bond donors (Lipinski definition) is 3. The molecule has 0 aliphatic carbocycles. The van der Waals surface area contributed by atoms with E-state index in [0.717, 1.165) is 13.1 Å². The lowest BCUT2D eigenvalue weighted by Crippen LogP contribution is -2.51. The van der Waals surface area contributed by atoms with E-state index in [-0.39, 0.29) is 36.6 Å². The van der Waals surface area contributed by atoms with Gasteiger partial charge in [-0.05, 0) is 56.3 Å². The van der Waals surface area contributed by atoms with Crippen LogP contribution in [0.2, 0.25) is 0 Å². The van der Waals surface area contributed by atoms with Gasteiger partial charge in [0.25, 0.3) is 11.8 Å². The lowest BCUT2D eigenvalue weighted by Gasteiger charge is -2.34. The van der Waals surface area contributed by atoms with Gasteiger partial charge < -0.3 is 20.7 Å². The molecule has 1 aromatic carbocycles. The first kappa shape index (κ1) is 23.8. The van der Waals surface area contributed by atoms with Gasteiger partial charge in [0.05, 0.1) is 0 Å². The molecule has 2 amide bonds. The quantitative estimate of drug-likeness (QED) is 0.683. The maximum Gasteiger partial charge on any atom is 0.256 e. The summed E-state index contributed by atoms with van der Waals surface area (Å²) in [7, 11) is 1.56. The monoisotopic (exact) mass is 426 g/mol. The zero-order valence-corrected chi connectivity index (χ0v) is 17.1. The summed E-state index contributed by atoms with van der Waals surface area (Å²) in [5.41, 5.74) is 0.844. The normalized spacial score (nSPS) is 14.8. The van der Waals surface area contributed by atoms with Gasteiger partial charge in [0.15, 0.2) is 0 Å². The molecule has 3 N–H and O–H groups in total. The number of nitrogens with zero attached hydrogens (tertiary/aromatic N) is 1. The van der Waals surface area contributed by atoms with E-state index < -0.39 is 5.60 Å². The molecule has 1 saturated heterocycles. The fraction of sp³-hybridized carbons (Fsp3) is 0.316. The van der Waals surface area contributed by atoms with E-state index in [2.05, 4.69) is 20.9 Å². The molecular weight excluding hydrogens is 403 g/mol. The fourth-order valence-corrected chi connectivity index (χ4v) is 2.98. The van der Waals surface area contributed by atoms with Crippen molar-refractivity contribution in [2.45, 2.75) is 18.4 Å². The summed E-state index contributed by atoms with van der Waals surface area (Å²) in [6.45, 7) is 1.46. The van der Waals surface area contributed by atoms with Crippen LogP contribution in [0.15, 0.2) is 48.8 Å². The van der Waals surface area contributed by atoms with Gasteiger partial charge in [-0.25, -0.2) is 0 Å². The van der Waals surface area contributed by atoms with Crippen LogP contribution in [0.5, 0.6) is 0 Å². The molecule has 2 aromatic rings. The highest BCUT2D eigenvalue weighted by Gasteiger charge is 2.39. The predicted octanol–water partition coefficient (Wildman–Crippen LogP) is 2.88. The highest BCUT2D eigenvalue weighted by Crippen LogP contribution is 2.25. The minimum atomic E-state index is -0.833. The molecule has 0 spiro atoms. The second-order valence-corrected chi connectivity index (χ2v) is 6.17. The molecule has 0 atom stereocenters. The van der Waals surface area contributed by atoms with Crippen LogP contribution < -0.4 is 16.0 Å². The second kappa shape index (κ2) is 11.0. The van der Waals surface area contributed by atoms with E-state index in [1.54, 1.807) is 55.9 Å². The average molecular weight is 427 g/mol. The van der Waals surface area contributed by atoms with Gasteiger partial charge in [0.1, 0.15) is 5.60 Å². The van der Waals surface area contributed by atoms with Crippen molar-refractivity contribution in [1.29, 1.82) is 0 Å².